The summed E-state index contributed by atoms with van der Waals surface area (Å²) in [6.45, 7) is 1.59. The minimum absolute atomic E-state index is 0.369. The Morgan fingerprint density at radius 3 is 2.81 bits per heavy atom. The molecule has 4 nitrogen and oxygen atoms in total. The first-order valence-electron chi connectivity index (χ1n) is 4.63. The van der Waals surface area contributed by atoms with Crippen molar-refractivity contribution in [3.8, 4) is 5.69 Å². The standard InChI is InChI=1S/C10H9BrFN3O/c1-6(16)10-5-15(14-13-10)7-2-3-8(11)9(12)4-7/h2-6,16H,1H3. The molecule has 84 valence electrons. The van der Waals surface area contributed by atoms with Gasteiger partial charge in [-0.3, -0.25) is 0 Å². The number of hydrogen-bond donors (Lipinski definition) is 1. The summed E-state index contributed by atoms with van der Waals surface area (Å²) < 4.78 is 15.1. The van der Waals surface area contributed by atoms with Crippen LogP contribution >= 0.6 is 15.9 Å². The average Bonchev–Trinajstić information content (AvgIpc) is 2.71. The smallest absolute Gasteiger partial charge is 0.139 e. The number of hydrogen-bond acceptors (Lipinski definition) is 3. The van der Waals surface area contributed by atoms with Crippen molar-refractivity contribution >= 4 is 15.9 Å². The first-order chi connectivity index (χ1) is 7.58. The van der Waals surface area contributed by atoms with Gasteiger partial charge in [-0.2, -0.15) is 0 Å². The van der Waals surface area contributed by atoms with Gasteiger partial charge >= 0.3 is 0 Å². The molecule has 0 aliphatic heterocycles. The van der Waals surface area contributed by atoms with Crippen LogP contribution in [0.15, 0.2) is 28.9 Å². The largest absolute Gasteiger partial charge is 0.387 e. The minimum atomic E-state index is -0.686. The molecule has 0 aliphatic rings. The predicted octanol–water partition coefficient (Wildman–Crippen LogP) is 2.22. The lowest BCUT2D eigenvalue weighted by Gasteiger charge is -2.01. The number of halogens is 2. The quantitative estimate of drug-likeness (QED) is 0.921. The van der Waals surface area contributed by atoms with E-state index in [1.165, 1.54) is 10.7 Å². The Morgan fingerprint density at radius 1 is 1.50 bits per heavy atom. The number of aliphatic hydroxyl groups is 1. The third kappa shape index (κ3) is 2.12. The lowest BCUT2D eigenvalue weighted by atomic mass is 10.3. The van der Waals surface area contributed by atoms with Crippen LogP contribution in [0, 0.1) is 5.82 Å². The van der Waals surface area contributed by atoms with Crippen molar-refractivity contribution < 1.29 is 9.50 Å². The zero-order chi connectivity index (χ0) is 11.7. The molecule has 1 heterocycles. The summed E-state index contributed by atoms with van der Waals surface area (Å²) in [4.78, 5) is 0. The van der Waals surface area contributed by atoms with Gasteiger partial charge in [0.25, 0.3) is 0 Å². The van der Waals surface area contributed by atoms with E-state index in [0.717, 1.165) is 0 Å². The van der Waals surface area contributed by atoms with Crippen molar-refractivity contribution in [3.63, 3.8) is 0 Å². The summed E-state index contributed by atoms with van der Waals surface area (Å²) >= 11 is 3.07. The first-order valence-corrected chi connectivity index (χ1v) is 5.43. The Bertz CT molecular complexity index is 513. The van der Waals surface area contributed by atoms with Gasteiger partial charge in [-0.1, -0.05) is 5.21 Å². The van der Waals surface area contributed by atoms with Gasteiger partial charge in [-0.15, -0.1) is 5.10 Å². The fourth-order valence-electron chi connectivity index (χ4n) is 1.22. The predicted molar refractivity (Wildman–Crippen MR) is 59.7 cm³/mol. The van der Waals surface area contributed by atoms with Crippen LogP contribution in [-0.4, -0.2) is 20.1 Å². The second-order valence-corrected chi connectivity index (χ2v) is 4.22. The van der Waals surface area contributed by atoms with E-state index in [4.69, 9.17) is 0 Å². The van der Waals surface area contributed by atoms with E-state index in [2.05, 4.69) is 26.2 Å². The van der Waals surface area contributed by atoms with E-state index >= 15 is 0 Å². The normalized spacial score (nSPS) is 12.8. The molecule has 2 rings (SSSR count). The number of aromatic nitrogens is 3. The second-order valence-electron chi connectivity index (χ2n) is 3.36. The van der Waals surface area contributed by atoms with Crippen LogP contribution < -0.4 is 0 Å². The van der Waals surface area contributed by atoms with Crippen molar-refractivity contribution in [1.82, 2.24) is 15.0 Å². The molecule has 0 fully saturated rings. The highest BCUT2D eigenvalue weighted by atomic mass is 79.9. The Kier molecular flexibility index (Phi) is 3.02. The second kappa shape index (κ2) is 4.31. The number of aliphatic hydroxyl groups excluding tert-OH is 1. The van der Waals surface area contributed by atoms with Crippen LogP contribution in [0.5, 0.6) is 0 Å². The summed E-state index contributed by atoms with van der Waals surface area (Å²) in [5, 5.41) is 16.9. The van der Waals surface area contributed by atoms with Gasteiger partial charge in [0.1, 0.15) is 11.5 Å². The maximum absolute atomic E-state index is 13.3. The molecule has 0 bridgehead atoms. The number of nitrogens with zero attached hydrogens (tertiary/aromatic N) is 3. The molecule has 0 aliphatic carbocycles. The van der Waals surface area contributed by atoms with Crippen LogP contribution in [-0.2, 0) is 0 Å². The molecule has 0 spiro atoms. The van der Waals surface area contributed by atoms with E-state index in [-0.39, 0.29) is 5.82 Å². The summed E-state index contributed by atoms with van der Waals surface area (Å²) in [6.07, 6.45) is 0.877. The summed E-state index contributed by atoms with van der Waals surface area (Å²) in [5.74, 6) is -0.369. The number of rotatable bonds is 2. The molecular formula is C10H9BrFN3O. The highest BCUT2D eigenvalue weighted by molar-refractivity contribution is 9.10. The summed E-state index contributed by atoms with van der Waals surface area (Å²) in [6, 6.07) is 4.63. The Morgan fingerprint density at radius 2 is 2.25 bits per heavy atom. The molecule has 6 heteroatoms. The Balaban J connectivity index is 2.39. The third-order valence-electron chi connectivity index (χ3n) is 2.11. The zero-order valence-corrected chi connectivity index (χ0v) is 10.0. The van der Waals surface area contributed by atoms with Crippen molar-refractivity contribution in [3.05, 3.63) is 40.4 Å². The van der Waals surface area contributed by atoms with Gasteiger partial charge in [0, 0.05) is 6.07 Å². The topological polar surface area (TPSA) is 50.9 Å². The van der Waals surface area contributed by atoms with Crippen LogP contribution in [0.25, 0.3) is 5.69 Å². The molecule has 0 radical (unpaired) electrons. The molecule has 0 saturated heterocycles. The number of benzene rings is 1. The van der Waals surface area contributed by atoms with Crippen molar-refractivity contribution in [1.29, 1.82) is 0 Å². The molecule has 1 N–H and O–H groups in total. The van der Waals surface area contributed by atoms with Gasteiger partial charge in [0.05, 0.1) is 22.5 Å². The molecule has 16 heavy (non-hydrogen) atoms. The monoisotopic (exact) mass is 285 g/mol. The van der Waals surface area contributed by atoms with Crippen molar-refractivity contribution in [2.45, 2.75) is 13.0 Å². The van der Waals surface area contributed by atoms with Crippen LogP contribution in [0.1, 0.15) is 18.7 Å². The maximum atomic E-state index is 13.3. The molecule has 0 amide bonds. The molecule has 1 unspecified atom stereocenters. The highest BCUT2D eigenvalue weighted by Crippen LogP contribution is 2.19. The summed E-state index contributed by atoms with van der Waals surface area (Å²) in [5.41, 5.74) is 1.00. The van der Waals surface area contributed by atoms with E-state index in [0.29, 0.717) is 15.9 Å². The fraction of sp³-hybridized carbons (Fsp3) is 0.200. The minimum Gasteiger partial charge on any atom is -0.387 e. The Labute approximate surface area is 99.8 Å². The SMILES string of the molecule is CC(O)c1cn(-c2ccc(Br)c(F)c2)nn1. The first kappa shape index (κ1) is 11.2. The molecule has 1 aromatic carbocycles. The average molecular weight is 286 g/mol. The lowest BCUT2D eigenvalue weighted by molar-refractivity contribution is 0.194. The van der Waals surface area contributed by atoms with E-state index < -0.39 is 6.10 Å². The molecule has 1 aromatic heterocycles. The molecule has 2 aromatic rings. The zero-order valence-electron chi connectivity index (χ0n) is 8.43. The maximum Gasteiger partial charge on any atom is 0.139 e. The van der Waals surface area contributed by atoms with E-state index in [1.807, 2.05) is 0 Å². The van der Waals surface area contributed by atoms with Crippen molar-refractivity contribution in [2.24, 2.45) is 0 Å². The van der Waals surface area contributed by atoms with Gasteiger partial charge in [0.2, 0.25) is 0 Å². The fourth-order valence-corrected chi connectivity index (χ4v) is 1.47. The van der Waals surface area contributed by atoms with Crippen LogP contribution in [0.3, 0.4) is 0 Å². The van der Waals surface area contributed by atoms with E-state index in [1.54, 1.807) is 25.3 Å². The highest BCUT2D eigenvalue weighted by Gasteiger charge is 2.08. The third-order valence-corrected chi connectivity index (χ3v) is 2.75. The van der Waals surface area contributed by atoms with E-state index in [9.17, 15) is 9.50 Å². The van der Waals surface area contributed by atoms with Crippen LogP contribution in [0.2, 0.25) is 0 Å². The van der Waals surface area contributed by atoms with Gasteiger partial charge in [-0.25, -0.2) is 9.07 Å². The van der Waals surface area contributed by atoms with Crippen molar-refractivity contribution in [2.75, 3.05) is 0 Å². The lowest BCUT2D eigenvalue weighted by Crippen LogP contribution is -1.95. The molecule has 0 saturated carbocycles. The van der Waals surface area contributed by atoms with Gasteiger partial charge < -0.3 is 5.11 Å². The van der Waals surface area contributed by atoms with Gasteiger partial charge in [-0.05, 0) is 35.0 Å². The Hall–Kier alpha value is -1.27. The summed E-state index contributed by atoms with van der Waals surface area (Å²) in [7, 11) is 0. The van der Waals surface area contributed by atoms with Gasteiger partial charge in [0.15, 0.2) is 0 Å². The molecule has 1 atom stereocenters. The molecular weight excluding hydrogens is 277 g/mol. The van der Waals surface area contributed by atoms with Crippen LogP contribution in [0.4, 0.5) is 4.39 Å².